The third-order valence-electron chi connectivity index (χ3n) is 5.27. The van der Waals surface area contributed by atoms with Crippen molar-refractivity contribution in [1.82, 2.24) is 24.9 Å². The summed E-state index contributed by atoms with van der Waals surface area (Å²) in [6.45, 7) is 1.71. The summed E-state index contributed by atoms with van der Waals surface area (Å²) in [6, 6.07) is 13.5. The number of likely N-dealkylation sites (tertiary alicyclic amines) is 1. The van der Waals surface area contributed by atoms with E-state index in [1.54, 1.807) is 16.0 Å². The number of rotatable bonds is 3. The molecule has 1 saturated heterocycles. The van der Waals surface area contributed by atoms with Gasteiger partial charge in [0.15, 0.2) is 0 Å². The molecule has 5 rings (SSSR count). The largest absolute Gasteiger partial charge is 0.341 e. The van der Waals surface area contributed by atoms with E-state index >= 15 is 0 Å². The Kier molecular flexibility index (Phi) is 4.49. The van der Waals surface area contributed by atoms with E-state index in [2.05, 4.69) is 10.3 Å². The molecule has 0 unspecified atom stereocenters. The molecule has 0 saturated carbocycles. The maximum Gasteiger partial charge on any atom is 0.244 e. The molecule has 0 radical (unpaired) electrons. The Labute approximate surface area is 170 Å². The van der Waals surface area contributed by atoms with Crippen LogP contribution in [0.3, 0.4) is 0 Å². The average Bonchev–Trinajstić information content (AvgIpc) is 3.32. The molecule has 0 N–H and O–H groups in total. The van der Waals surface area contributed by atoms with E-state index < -0.39 is 0 Å². The van der Waals surface area contributed by atoms with E-state index in [-0.39, 0.29) is 12.5 Å². The summed E-state index contributed by atoms with van der Waals surface area (Å²) < 4.78 is 2.84. The van der Waals surface area contributed by atoms with Gasteiger partial charge in [0.1, 0.15) is 12.1 Å². The first-order valence-electron chi connectivity index (χ1n) is 9.29. The van der Waals surface area contributed by atoms with Crippen LogP contribution in [0, 0.1) is 0 Å². The van der Waals surface area contributed by atoms with Crippen molar-refractivity contribution in [2.75, 3.05) is 13.1 Å². The summed E-state index contributed by atoms with van der Waals surface area (Å²) in [5.41, 5.74) is 2.66. The van der Waals surface area contributed by atoms with Crippen molar-refractivity contribution in [2.45, 2.75) is 25.3 Å². The van der Waals surface area contributed by atoms with E-state index in [4.69, 9.17) is 16.6 Å². The van der Waals surface area contributed by atoms with E-state index in [0.29, 0.717) is 10.9 Å². The molecule has 8 heteroatoms. The number of amides is 1. The molecule has 2 aromatic carbocycles. The number of piperidine rings is 1. The lowest BCUT2D eigenvalue weighted by molar-refractivity contribution is -0.133. The number of hydrogen-bond acceptors (Lipinski definition) is 5. The van der Waals surface area contributed by atoms with Gasteiger partial charge in [-0.2, -0.15) is 0 Å². The Balaban J connectivity index is 1.25. The number of carbonyl (C=O) groups excluding carboxylic acids is 1. The van der Waals surface area contributed by atoms with E-state index in [1.165, 1.54) is 0 Å². The predicted molar refractivity (Wildman–Crippen MR) is 111 cm³/mol. The van der Waals surface area contributed by atoms with Crippen molar-refractivity contribution in [3.05, 3.63) is 52.5 Å². The zero-order valence-corrected chi connectivity index (χ0v) is 16.7. The number of hydrogen-bond donors (Lipinski definition) is 0. The normalized spacial score (nSPS) is 15.5. The highest BCUT2D eigenvalue weighted by Gasteiger charge is 2.26. The van der Waals surface area contributed by atoms with Gasteiger partial charge in [0.2, 0.25) is 5.91 Å². The maximum atomic E-state index is 12.7. The number of para-hydroxylation sites is 1. The highest BCUT2D eigenvalue weighted by atomic mass is 35.5. The monoisotopic (exact) mass is 411 g/mol. The maximum absolute atomic E-state index is 12.7. The fourth-order valence-corrected chi connectivity index (χ4v) is 5.01. The summed E-state index contributed by atoms with van der Waals surface area (Å²) in [7, 11) is 0. The molecule has 3 heterocycles. The van der Waals surface area contributed by atoms with Crippen LogP contribution in [-0.4, -0.2) is 43.9 Å². The number of nitrogens with zero attached hydrogens (tertiary/aromatic N) is 5. The van der Waals surface area contributed by atoms with E-state index in [1.807, 2.05) is 47.4 Å². The standard InChI is InChI=1S/C20H18ClN5OS/c21-14-5-6-18-16(11-14)22-20(28-18)13-7-9-25(10-8-13)19(27)12-26-17-4-2-1-3-15(17)23-24-26/h1-6,11,13H,7-10,12H2. The first-order valence-corrected chi connectivity index (χ1v) is 10.5. The molecule has 0 atom stereocenters. The highest BCUT2D eigenvalue weighted by Crippen LogP contribution is 2.34. The van der Waals surface area contributed by atoms with Gasteiger partial charge in [-0.1, -0.05) is 28.9 Å². The molecule has 2 aromatic heterocycles. The lowest BCUT2D eigenvalue weighted by Crippen LogP contribution is -2.39. The molecule has 1 fully saturated rings. The van der Waals surface area contributed by atoms with Crippen LogP contribution in [0.25, 0.3) is 21.3 Å². The molecule has 6 nitrogen and oxygen atoms in total. The summed E-state index contributed by atoms with van der Waals surface area (Å²) in [4.78, 5) is 19.4. The second kappa shape index (κ2) is 7.14. The van der Waals surface area contributed by atoms with Crippen molar-refractivity contribution in [3.8, 4) is 0 Å². The molecule has 28 heavy (non-hydrogen) atoms. The molecule has 0 aliphatic carbocycles. The SMILES string of the molecule is O=C(Cn1nnc2ccccc21)N1CCC(c2nc3cc(Cl)ccc3s2)CC1. The van der Waals surface area contributed by atoms with Crippen molar-refractivity contribution >= 4 is 50.1 Å². The van der Waals surface area contributed by atoms with Crippen LogP contribution in [0.2, 0.25) is 5.02 Å². The van der Waals surface area contributed by atoms with E-state index in [0.717, 1.165) is 52.2 Å². The van der Waals surface area contributed by atoms with Gasteiger partial charge in [0.25, 0.3) is 0 Å². The molecule has 0 spiro atoms. The Hall–Kier alpha value is -2.51. The second-order valence-electron chi connectivity index (χ2n) is 7.06. The molecule has 1 aliphatic rings. The highest BCUT2D eigenvalue weighted by molar-refractivity contribution is 7.18. The van der Waals surface area contributed by atoms with Gasteiger partial charge in [0.05, 0.1) is 20.7 Å². The lowest BCUT2D eigenvalue weighted by atomic mass is 9.97. The Bertz CT molecular complexity index is 1160. The van der Waals surface area contributed by atoms with Gasteiger partial charge in [-0.05, 0) is 43.2 Å². The fraction of sp³-hybridized carbons (Fsp3) is 0.300. The number of benzene rings is 2. The Morgan fingerprint density at radius 3 is 2.82 bits per heavy atom. The Morgan fingerprint density at radius 1 is 1.14 bits per heavy atom. The molecule has 0 bridgehead atoms. The third kappa shape index (κ3) is 3.25. The number of fused-ring (bicyclic) bond motifs is 2. The average molecular weight is 412 g/mol. The molecule has 1 aliphatic heterocycles. The summed E-state index contributed by atoms with van der Waals surface area (Å²) >= 11 is 7.80. The predicted octanol–water partition coefficient (Wildman–Crippen LogP) is 4.10. The minimum Gasteiger partial charge on any atom is -0.341 e. The zero-order valence-electron chi connectivity index (χ0n) is 15.1. The molecular formula is C20H18ClN5OS. The first kappa shape index (κ1) is 17.6. The van der Waals surface area contributed by atoms with Crippen molar-refractivity contribution in [3.63, 3.8) is 0 Å². The van der Waals surface area contributed by atoms with Crippen molar-refractivity contribution < 1.29 is 4.79 Å². The molecule has 142 valence electrons. The van der Waals surface area contributed by atoms with Gasteiger partial charge in [-0.15, -0.1) is 16.4 Å². The smallest absolute Gasteiger partial charge is 0.244 e. The number of thiazole rings is 1. The van der Waals surface area contributed by atoms with Crippen molar-refractivity contribution in [2.24, 2.45) is 0 Å². The minimum absolute atomic E-state index is 0.0881. The Morgan fingerprint density at radius 2 is 1.96 bits per heavy atom. The number of aromatic nitrogens is 4. The van der Waals surface area contributed by atoms with Crippen LogP contribution < -0.4 is 0 Å². The number of halogens is 1. The van der Waals surface area contributed by atoms with Gasteiger partial charge in [0, 0.05) is 24.0 Å². The number of carbonyl (C=O) groups is 1. The first-order chi connectivity index (χ1) is 13.7. The van der Waals surface area contributed by atoms with Crippen molar-refractivity contribution in [1.29, 1.82) is 0 Å². The topological polar surface area (TPSA) is 63.9 Å². The molecule has 4 aromatic rings. The zero-order chi connectivity index (χ0) is 19.1. The third-order valence-corrected chi connectivity index (χ3v) is 6.70. The van der Waals surface area contributed by atoms with Gasteiger partial charge >= 0.3 is 0 Å². The van der Waals surface area contributed by atoms with Crippen LogP contribution in [0.5, 0.6) is 0 Å². The minimum atomic E-state index is 0.0881. The van der Waals surface area contributed by atoms with Crippen LogP contribution in [0.1, 0.15) is 23.8 Å². The van der Waals surface area contributed by atoms with Crippen LogP contribution in [0.15, 0.2) is 42.5 Å². The summed E-state index contributed by atoms with van der Waals surface area (Å²) in [5.74, 6) is 0.484. The summed E-state index contributed by atoms with van der Waals surface area (Å²) in [5, 5.41) is 10.1. The second-order valence-corrected chi connectivity index (χ2v) is 8.55. The van der Waals surface area contributed by atoms with Crippen LogP contribution in [0.4, 0.5) is 0 Å². The van der Waals surface area contributed by atoms with Crippen LogP contribution >= 0.6 is 22.9 Å². The molecule has 1 amide bonds. The summed E-state index contributed by atoms with van der Waals surface area (Å²) in [6.07, 6.45) is 1.86. The van der Waals surface area contributed by atoms with Gasteiger partial charge in [-0.25, -0.2) is 9.67 Å². The molecular weight excluding hydrogens is 394 g/mol. The van der Waals surface area contributed by atoms with Gasteiger partial charge in [-0.3, -0.25) is 4.79 Å². The van der Waals surface area contributed by atoms with E-state index in [9.17, 15) is 4.79 Å². The fourth-order valence-electron chi connectivity index (χ4n) is 3.73. The quantitative estimate of drug-likeness (QED) is 0.509. The lowest BCUT2D eigenvalue weighted by Gasteiger charge is -2.31. The van der Waals surface area contributed by atoms with Gasteiger partial charge < -0.3 is 4.90 Å². The van der Waals surface area contributed by atoms with Crippen LogP contribution in [-0.2, 0) is 11.3 Å².